The van der Waals surface area contributed by atoms with Crippen LogP contribution in [-0.2, 0) is 0 Å². The van der Waals surface area contributed by atoms with Gasteiger partial charge in [0.15, 0.2) is 11.6 Å². The largest absolute Gasteiger partial charge is 0.367 e. The molecule has 30 heavy (non-hydrogen) atoms. The normalized spacial score (nSPS) is 14.7. The van der Waals surface area contributed by atoms with Crippen LogP contribution >= 0.6 is 0 Å². The minimum absolute atomic E-state index is 0.666. The molecule has 1 fully saturated rings. The average molecular weight is 397 g/mol. The third-order valence-electron chi connectivity index (χ3n) is 5.59. The van der Waals surface area contributed by atoms with Crippen LogP contribution < -0.4 is 9.80 Å². The van der Waals surface area contributed by atoms with Crippen LogP contribution in [0, 0.1) is 0 Å². The highest BCUT2D eigenvalue weighted by atomic mass is 15.3. The molecule has 0 spiro atoms. The van der Waals surface area contributed by atoms with E-state index in [1.165, 1.54) is 16.6 Å². The van der Waals surface area contributed by atoms with Gasteiger partial charge in [-0.05, 0) is 18.2 Å². The van der Waals surface area contributed by atoms with Crippen LogP contribution in [0.1, 0.15) is 0 Å². The first-order valence-corrected chi connectivity index (χ1v) is 9.90. The lowest BCUT2D eigenvalue weighted by atomic mass is 10.1. The molecule has 1 aliphatic rings. The van der Waals surface area contributed by atoms with Crippen molar-refractivity contribution in [1.82, 2.24) is 34.5 Å². The molecule has 1 aromatic carbocycles. The molecule has 0 saturated carbocycles. The van der Waals surface area contributed by atoms with E-state index in [1.54, 1.807) is 24.8 Å². The fourth-order valence-corrected chi connectivity index (χ4v) is 4.13. The Kier molecular flexibility index (Phi) is 3.83. The van der Waals surface area contributed by atoms with Gasteiger partial charge in [-0.1, -0.05) is 6.07 Å². The van der Waals surface area contributed by atoms with Gasteiger partial charge in [-0.3, -0.25) is 9.38 Å². The number of anilines is 2. The van der Waals surface area contributed by atoms with Crippen molar-refractivity contribution in [3.63, 3.8) is 0 Å². The number of H-pyrrole nitrogens is 1. The Morgan fingerprint density at radius 3 is 2.63 bits per heavy atom. The zero-order valence-corrected chi connectivity index (χ0v) is 16.2. The van der Waals surface area contributed by atoms with Crippen molar-refractivity contribution >= 4 is 28.1 Å². The average Bonchev–Trinajstić information content (AvgIpc) is 3.47. The third-order valence-corrected chi connectivity index (χ3v) is 5.59. The van der Waals surface area contributed by atoms with Crippen molar-refractivity contribution in [3.8, 4) is 11.5 Å². The molecule has 6 rings (SSSR count). The van der Waals surface area contributed by atoms with Crippen molar-refractivity contribution in [2.75, 3.05) is 36.0 Å². The lowest BCUT2D eigenvalue weighted by molar-refractivity contribution is 0.649. The number of hydrogen-bond acceptors (Lipinski definition) is 7. The molecule has 5 heterocycles. The number of aromatic nitrogens is 7. The van der Waals surface area contributed by atoms with E-state index < -0.39 is 0 Å². The van der Waals surface area contributed by atoms with Crippen LogP contribution in [0.25, 0.3) is 28.1 Å². The summed E-state index contributed by atoms with van der Waals surface area (Å²) in [6, 6.07) is 8.55. The molecule has 5 aromatic rings. The molecule has 4 aromatic heterocycles. The summed E-state index contributed by atoms with van der Waals surface area (Å²) in [5.74, 6) is 1.51. The van der Waals surface area contributed by atoms with E-state index in [0.29, 0.717) is 11.5 Å². The van der Waals surface area contributed by atoms with Crippen LogP contribution in [0.5, 0.6) is 0 Å². The predicted molar refractivity (Wildman–Crippen MR) is 115 cm³/mol. The molecular weight excluding hydrogens is 378 g/mol. The van der Waals surface area contributed by atoms with Crippen LogP contribution in [0.3, 0.4) is 0 Å². The number of fused-ring (bicyclic) bond motifs is 2. The van der Waals surface area contributed by atoms with Gasteiger partial charge >= 0.3 is 0 Å². The monoisotopic (exact) mass is 397 g/mol. The summed E-state index contributed by atoms with van der Waals surface area (Å²) in [4.78, 5) is 21.1. The molecule has 0 unspecified atom stereocenters. The Morgan fingerprint density at radius 1 is 0.867 bits per heavy atom. The summed E-state index contributed by atoms with van der Waals surface area (Å²) in [5.41, 5.74) is 3.86. The maximum Gasteiger partial charge on any atom is 0.204 e. The minimum atomic E-state index is 0.666. The van der Waals surface area contributed by atoms with Crippen LogP contribution in [0.2, 0.25) is 0 Å². The lowest BCUT2D eigenvalue weighted by Gasteiger charge is -2.37. The quantitative estimate of drug-likeness (QED) is 0.500. The van der Waals surface area contributed by atoms with Gasteiger partial charge in [0.25, 0.3) is 0 Å². The first-order valence-electron chi connectivity index (χ1n) is 9.90. The Balaban J connectivity index is 1.29. The zero-order valence-electron chi connectivity index (χ0n) is 16.2. The molecule has 0 amide bonds. The smallest absolute Gasteiger partial charge is 0.204 e. The van der Waals surface area contributed by atoms with Crippen molar-refractivity contribution in [3.05, 3.63) is 61.4 Å². The van der Waals surface area contributed by atoms with E-state index in [1.807, 2.05) is 16.8 Å². The summed E-state index contributed by atoms with van der Waals surface area (Å²) >= 11 is 0. The van der Waals surface area contributed by atoms with Crippen LogP contribution in [0.15, 0.2) is 61.4 Å². The Labute approximate surface area is 172 Å². The third kappa shape index (κ3) is 2.66. The molecule has 1 saturated heterocycles. The van der Waals surface area contributed by atoms with Crippen molar-refractivity contribution < 1.29 is 0 Å². The molecule has 0 radical (unpaired) electrons. The number of benzene rings is 1. The molecule has 0 aliphatic carbocycles. The van der Waals surface area contributed by atoms with E-state index >= 15 is 0 Å². The topological polar surface area (TPSA) is 91.1 Å². The van der Waals surface area contributed by atoms with E-state index in [9.17, 15) is 0 Å². The van der Waals surface area contributed by atoms with Gasteiger partial charge in [-0.25, -0.2) is 9.97 Å². The highest BCUT2D eigenvalue weighted by Crippen LogP contribution is 2.28. The number of piperazine rings is 1. The summed E-state index contributed by atoms with van der Waals surface area (Å²) in [6.07, 6.45) is 10.6. The minimum Gasteiger partial charge on any atom is -0.367 e. The van der Waals surface area contributed by atoms with Gasteiger partial charge < -0.3 is 14.8 Å². The van der Waals surface area contributed by atoms with Gasteiger partial charge in [-0.2, -0.15) is 0 Å². The maximum atomic E-state index is 4.62. The summed E-state index contributed by atoms with van der Waals surface area (Å²) in [6.45, 7) is 3.55. The molecular formula is C21H19N9. The molecule has 9 nitrogen and oxygen atoms in total. The highest BCUT2D eigenvalue weighted by Gasteiger charge is 2.23. The standard InChI is InChI=1S/C21H19N9/c1-2-16-15(4-5-23-16)18(3-1)28-10-12-29(13-11-28)20-21-27-26-19(30(21)9-8-25-20)17-14-22-6-7-24-17/h1-9,14,23H,10-13H2. The Morgan fingerprint density at radius 2 is 1.77 bits per heavy atom. The van der Waals surface area contributed by atoms with E-state index in [2.05, 4.69) is 64.2 Å². The highest BCUT2D eigenvalue weighted by molar-refractivity contribution is 5.92. The second-order valence-corrected chi connectivity index (χ2v) is 7.25. The number of nitrogens with zero attached hydrogens (tertiary/aromatic N) is 8. The van der Waals surface area contributed by atoms with Crippen molar-refractivity contribution in [2.24, 2.45) is 0 Å². The van der Waals surface area contributed by atoms with Crippen LogP contribution in [0.4, 0.5) is 11.5 Å². The van der Waals surface area contributed by atoms with Gasteiger partial charge in [0.1, 0.15) is 5.69 Å². The first kappa shape index (κ1) is 16.9. The Bertz CT molecular complexity index is 1320. The molecule has 9 heteroatoms. The van der Waals surface area contributed by atoms with E-state index in [0.717, 1.165) is 37.6 Å². The summed E-state index contributed by atoms with van der Waals surface area (Å²) in [7, 11) is 0. The molecule has 1 aliphatic heterocycles. The molecule has 0 bridgehead atoms. The fourth-order valence-electron chi connectivity index (χ4n) is 4.13. The lowest BCUT2D eigenvalue weighted by Crippen LogP contribution is -2.47. The van der Waals surface area contributed by atoms with Crippen molar-refractivity contribution in [2.45, 2.75) is 0 Å². The summed E-state index contributed by atoms with van der Waals surface area (Å²) < 4.78 is 1.93. The number of nitrogens with one attached hydrogen (secondary N) is 1. The van der Waals surface area contributed by atoms with Crippen molar-refractivity contribution in [1.29, 1.82) is 0 Å². The van der Waals surface area contributed by atoms with E-state index in [-0.39, 0.29) is 0 Å². The first-order chi connectivity index (χ1) is 14.9. The van der Waals surface area contributed by atoms with E-state index in [4.69, 9.17) is 0 Å². The number of rotatable bonds is 3. The summed E-state index contributed by atoms with van der Waals surface area (Å²) in [5, 5.41) is 10.0. The molecule has 0 atom stereocenters. The molecule has 148 valence electrons. The Hall–Kier alpha value is -4.01. The maximum absolute atomic E-state index is 4.62. The number of aromatic amines is 1. The predicted octanol–water partition coefficient (Wildman–Crippen LogP) is 2.39. The van der Waals surface area contributed by atoms with Gasteiger partial charge in [0.05, 0.1) is 6.20 Å². The number of hydrogen-bond donors (Lipinski definition) is 1. The van der Waals surface area contributed by atoms with Gasteiger partial charge in [0, 0.05) is 73.8 Å². The zero-order chi connectivity index (χ0) is 19.9. The molecule has 1 N–H and O–H groups in total. The van der Waals surface area contributed by atoms with Gasteiger partial charge in [0.2, 0.25) is 5.65 Å². The SMILES string of the molecule is c1cc(N2CCN(c3nccn4c(-c5cnccn5)nnc34)CC2)c2cc[nH]c2c1. The fraction of sp³-hybridized carbons (Fsp3) is 0.190. The van der Waals surface area contributed by atoms with Crippen LogP contribution in [-0.4, -0.2) is 60.7 Å². The van der Waals surface area contributed by atoms with Gasteiger partial charge in [-0.15, -0.1) is 10.2 Å². The second-order valence-electron chi connectivity index (χ2n) is 7.25. The second kappa shape index (κ2) is 6.80.